The molecule has 0 saturated heterocycles. The third-order valence-corrected chi connectivity index (χ3v) is 5.45. The number of nitrogens with zero attached hydrogens (tertiary/aromatic N) is 6. The van der Waals surface area contributed by atoms with Gasteiger partial charge in [-0.25, -0.2) is 4.98 Å². The number of aliphatic hydroxyl groups is 1. The summed E-state index contributed by atoms with van der Waals surface area (Å²) >= 11 is 7.24. The summed E-state index contributed by atoms with van der Waals surface area (Å²) in [6.45, 7) is 1.69. The zero-order valence-electron chi connectivity index (χ0n) is 14.6. The lowest BCUT2D eigenvalue weighted by molar-refractivity contribution is 0.311. The van der Waals surface area contributed by atoms with Gasteiger partial charge in [0.05, 0.1) is 10.2 Å². The lowest BCUT2D eigenvalue weighted by Gasteiger charge is -2.10. The maximum atomic E-state index is 10.7. The Morgan fingerprint density at radius 3 is 2.68 bits per heavy atom. The van der Waals surface area contributed by atoms with Crippen molar-refractivity contribution in [3.63, 3.8) is 0 Å². The minimum atomic E-state index is -0.685. The summed E-state index contributed by atoms with van der Waals surface area (Å²) in [7, 11) is 0. The molecular weight excluding hydrogens is 396 g/mol. The Morgan fingerprint density at radius 1 is 1.21 bits per heavy atom. The average Bonchev–Trinajstić information content (AvgIpc) is 3.35. The first-order chi connectivity index (χ1) is 13.6. The first kappa shape index (κ1) is 18.1. The van der Waals surface area contributed by atoms with Gasteiger partial charge in [-0.1, -0.05) is 23.7 Å². The van der Waals surface area contributed by atoms with Crippen LogP contribution in [0.25, 0.3) is 27.2 Å². The molecule has 2 aromatic carbocycles. The summed E-state index contributed by atoms with van der Waals surface area (Å²) in [5.41, 5.74) is 1.62. The van der Waals surface area contributed by atoms with Crippen molar-refractivity contribution >= 4 is 38.7 Å². The van der Waals surface area contributed by atoms with E-state index < -0.39 is 6.04 Å². The first-order valence-electron chi connectivity index (χ1n) is 8.31. The van der Waals surface area contributed by atoms with Crippen molar-refractivity contribution in [2.45, 2.75) is 13.0 Å². The third-order valence-electron chi connectivity index (χ3n) is 4.15. The molecule has 0 aliphatic heterocycles. The van der Waals surface area contributed by atoms with Gasteiger partial charge in [0.15, 0.2) is 0 Å². The van der Waals surface area contributed by atoms with E-state index in [1.807, 2.05) is 30.3 Å². The van der Waals surface area contributed by atoms with E-state index in [4.69, 9.17) is 11.6 Å². The monoisotopic (exact) mass is 408 g/mol. The number of fused-ring (bicyclic) bond motifs is 1. The van der Waals surface area contributed by atoms with Gasteiger partial charge in [0.2, 0.25) is 5.82 Å². The van der Waals surface area contributed by atoms with Gasteiger partial charge in [-0.2, -0.15) is 10.1 Å². The quantitative estimate of drug-likeness (QED) is 0.389. The number of rotatable bonds is 4. The molecule has 0 radical (unpaired) electrons. The zero-order chi connectivity index (χ0) is 19.7. The predicted octanol–water partition coefficient (Wildman–Crippen LogP) is 4.66. The Morgan fingerprint density at radius 2 is 1.96 bits per heavy atom. The average molecular weight is 409 g/mol. The molecular formula is C19H13ClN6OS. The van der Waals surface area contributed by atoms with Crippen molar-refractivity contribution < 1.29 is 5.11 Å². The van der Waals surface area contributed by atoms with E-state index in [-0.39, 0.29) is 11.3 Å². The molecule has 0 spiro atoms. The van der Waals surface area contributed by atoms with Crippen molar-refractivity contribution in [2.24, 2.45) is 0 Å². The second kappa shape index (κ2) is 7.38. The Hall–Kier alpha value is -3.28. The number of tetrazole rings is 1. The number of nitriles is 1. The predicted molar refractivity (Wildman–Crippen MR) is 108 cm³/mol. The van der Waals surface area contributed by atoms with Gasteiger partial charge in [-0.3, -0.25) is 0 Å². The normalized spacial score (nSPS) is 13.2. The van der Waals surface area contributed by atoms with E-state index in [0.717, 1.165) is 15.8 Å². The van der Waals surface area contributed by atoms with Crippen molar-refractivity contribution in [3.05, 3.63) is 64.3 Å². The van der Waals surface area contributed by atoms with E-state index in [1.54, 1.807) is 31.2 Å². The maximum Gasteiger partial charge on any atom is 0.204 e. The molecule has 4 aromatic rings. The van der Waals surface area contributed by atoms with Crippen LogP contribution in [-0.4, -0.2) is 30.3 Å². The number of thiazole rings is 1. The van der Waals surface area contributed by atoms with Gasteiger partial charge in [0.25, 0.3) is 0 Å². The molecule has 1 atom stereocenters. The molecule has 1 N–H and O–H groups in total. The van der Waals surface area contributed by atoms with Crippen LogP contribution < -0.4 is 0 Å². The van der Waals surface area contributed by atoms with E-state index >= 15 is 0 Å². The summed E-state index contributed by atoms with van der Waals surface area (Å²) in [6.07, 6.45) is 0. The van der Waals surface area contributed by atoms with Crippen molar-refractivity contribution in [3.8, 4) is 17.5 Å². The van der Waals surface area contributed by atoms with Crippen LogP contribution >= 0.6 is 22.9 Å². The van der Waals surface area contributed by atoms with Gasteiger partial charge in [-0.15, -0.1) is 21.5 Å². The molecule has 0 fully saturated rings. The van der Waals surface area contributed by atoms with Crippen LogP contribution in [0.1, 0.15) is 18.0 Å². The molecule has 0 bridgehead atoms. The fourth-order valence-electron chi connectivity index (χ4n) is 2.62. The highest BCUT2D eigenvalue weighted by Gasteiger charge is 2.22. The SMILES string of the molecule is CC(/C(O)=C(\C#N)c1nc2ccccc2s1)n1nnc(-c2ccc(Cl)cc2)n1. The standard InChI is InChI=1S/C19H13ClN6OS/c1-11(26-24-18(23-25-26)12-6-8-13(20)9-7-12)17(27)14(10-21)19-22-15-4-2-3-5-16(15)28-19/h2-9,11,27H,1H3/b17-14-. The zero-order valence-corrected chi connectivity index (χ0v) is 16.2. The molecule has 2 heterocycles. The molecule has 28 heavy (non-hydrogen) atoms. The third kappa shape index (κ3) is 3.33. The molecule has 9 heteroatoms. The summed E-state index contributed by atoms with van der Waals surface area (Å²) in [5, 5.41) is 33.7. The minimum Gasteiger partial charge on any atom is -0.508 e. The number of halogens is 1. The lowest BCUT2D eigenvalue weighted by atomic mass is 10.1. The van der Waals surface area contributed by atoms with E-state index in [2.05, 4.69) is 20.4 Å². The van der Waals surface area contributed by atoms with Crippen LogP contribution in [0, 0.1) is 11.3 Å². The highest BCUT2D eigenvalue weighted by Crippen LogP contribution is 2.30. The van der Waals surface area contributed by atoms with Gasteiger partial charge in [0.1, 0.15) is 28.5 Å². The summed E-state index contributed by atoms with van der Waals surface area (Å²) in [4.78, 5) is 5.71. The van der Waals surface area contributed by atoms with Crippen molar-refractivity contribution in [2.75, 3.05) is 0 Å². The smallest absolute Gasteiger partial charge is 0.204 e. The number of hydrogen-bond donors (Lipinski definition) is 1. The van der Waals surface area contributed by atoms with Crippen LogP contribution in [-0.2, 0) is 0 Å². The number of para-hydroxylation sites is 1. The molecule has 4 rings (SSSR count). The molecule has 138 valence electrons. The number of allylic oxidation sites excluding steroid dienone is 2. The largest absolute Gasteiger partial charge is 0.508 e. The molecule has 7 nitrogen and oxygen atoms in total. The van der Waals surface area contributed by atoms with E-state index in [0.29, 0.717) is 15.9 Å². The van der Waals surface area contributed by atoms with Gasteiger partial charge >= 0.3 is 0 Å². The van der Waals surface area contributed by atoms with Crippen LogP contribution in [0.2, 0.25) is 5.02 Å². The van der Waals surface area contributed by atoms with Gasteiger partial charge < -0.3 is 5.11 Å². The van der Waals surface area contributed by atoms with Crippen LogP contribution in [0.15, 0.2) is 54.3 Å². The van der Waals surface area contributed by atoms with Gasteiger partial charge in [-0.05, 0) is 48.5 Å². The fraction of sp³-hybridized carbons (Fsp3) is 0.105. The van der Waals surface area contributed by atoms with Crippen LogP contribution in [0.5, 0.6) is 0 Å². The van der Waals surface area contributed by atoms with Crippen LogP contribution in [0.4, 0.5) is 0 Å². The number of hydrogen-bond acceptors (Lipinski definition) is 7. The highest BCUT2D eigenvalue weighted by molar-refractivity contribution is 7.19. The molecule has 0 aliphatic carbocycles. The molecule has 2 aromatic heterocycles. The lowest BCUT2D eigenvalue weighted by Crippen LogP contribution is -2.13. The summed E-state index contributed by atoms with van der Waals surface area (Å²) < 4.78 is 0.939. The Balaban J connectivity index is 1.68. The first-order valence-corrected chi connectivity index (χ1v) is 9.51. The number of aromatic nitrogens is 5. The van der Waals surface area contributed by atoms with E-state index in [1.165, 1.54) is 16.1 Å². The Kier molecular flexibility index (Phi) is 4.77. The Labute approximate surface area is 169 Å². The maximum absolute atomic E-state index is 10.7. The molecule has 1 unspecified atom stereocenters. The molecule has 0 saturated carbocycles. The van der Waals surface area contributed by atoms with Crippen molar-refractivity contribution in [1.82, 2.24) is 25.2 Å². The molecule has 0 amide bonds. The minimum absolute atomic E-state index is 0.0963. The second-order valence-corrected chi connectivity index (χ2v) is 7.44. The van der Waals surface area contributed by atoms with Crippen LogP contribution in [0.3, 0.4) is 0 Å². The number of aliphatic hydroxyl groups excluding tert-OH is 1. The second-order valence-electron chi connectivity index (χ2n) is 5.98. The highest BCUT2D eigenvalue weighted by atomic mass is 35.5. The molecule has 0 aliphatic rings. The van der Waals surface area contributed by atoms with E-state index in [9.17, 15) is 10.4 Å². The Bertz CT molecular complexity index is 1190. The van der Waals surface area contributed by atoms with Gasteiger partial charge in [0, 0.05) is 10.6 Å². The number of benzene rings is 2. The topological polar surface area (TPSA) is 101 Å². The van der Waals surface area contributed by atoms with Crippen molar-refractivity contribution in [1.29, 1.82) is 5.26 Å². The summed E-state index contributed by atoms with van der Waals surface area (Å²) in [6, 6.07) is 16.0. The fourth-order valence-corrected chi connectivity index (χ4v) is 3.71. The summed E-state index contributed by atoms with van der Waals surface area (Å²) in [5.74, 6) is 0.233.